The molecule has 2 atom stereocenters. The van der Waals surface area contributed by atoms with Gasteiger partial charge in [-0.2, -0.15) is 0 Å². The molecule has 0 aromatic heterocycles. The number of piperidine rings is 2. The highest BCUT2D eigenvalue weighted by molar-refractivity contribution is 5.79. The van der Waals surface area contributed by atoms with Crippen LogP contribution in [0.5, 0.6) is 0 Å². The third kappa shape index (κ3) is 5.73. The fourth-order valence-electron chi connectivity index (χ4n) is 5.00. The van der Waals surface area contributed by atoms with Crippen LogP contribution in [0.3, 0.4) is 0 Å². The molecule has 5 heteroatoms. The lowest BCUT2D eigenvalue weighted by Gasteiger charge is -2.46. The first-order valence-corrected chi connectivity index (χ1v) is 11.5. The molecular weight excluding hydrogens is 388 g/mol. The van der Waals surface area contributed by atoms with Gasteiger partial charge in [-0.25, -0.2) is 0 Å². The summed E-state index contributed by atoms with van der Waals surface area (Å²) in [5.41, 5.74) is 1.09. The quantitative estimate of drug-likeness (QED) is 0.751. The van der Waals surface area contributed by atoms with E-state index in [4.69, 9.17) is 0 Å². The van der Waals surface area contributed by atoms with Gasteiger partial charge >= 0.3 is 0 Å². The number of hydrogen-bond donors (Lipinski definition) is 2. The van der Waals surface area contributed by atoms with E-state index in [1.165, 1.54) is 5.56 Å². The van der Waals surface area contributed by atoms with Gasteiger partial charge in [0.05, 0.1) is 19.1 Å². The zero-order valence-corrected chi connectivity index (χ0v) is 18.2. The molecule has 0 aliphatic carbocycles. The van der Waals surface area contributed by atoms with Gasteiger partial charge in [0.15, 0.2) is 0 Å². The van der Waals surface area contributed by atoms with Crippen LogP contribution in [0.15, 0.2) is 60.7 Å². The van der Waals surface area contributed by atoms with Gasteiger partial charge in [-0.15, -0.1) is 0 Å². The van der Waals surface area contributed by atoms with E-state index in [2.05, 4.69) is 35.2 Å². The third-order valence-electron chi connectivity index (χ3n) is 6.88. The molecule has 0 unspecified atom stereocenters. The normalized spacial score (nSPS) is 25.5. The van der Waals surface area contributed by atoms with Crippen molar-refractivity contribution >= 4 is 5.91 Å². The lowest BCUT2D eigenvalue weighted by atomic mass is 9.86. The Balaban J connectivity index is 1.30. The summed E-state index contributed by atoms with van der Waals surface area (Å²) in [7, 11) is 0. The van der Waals surface area contributed by atoms with E-state index in [1.54, 1.807) is 4.90 Å². The maximum Gasteiger partial charge on any atom is 0.227 e. The van der Waals surface area contributed by atoms with Gasteiger partial charge in [0.25, 0.3) is 0 Å². The average Bonchev–Trinajstić information content (AvgIpc) is 2.78. The summed E-state index contributed by atoms with van der Waals surface area (Å²) in [6, 6.07) is 20.3. The van der Waals surface area contributed by atoms with Gasteiger partial charge < -0.3 is 20.0 Å². The summed E-state index contributed by atoms with van der Waals surface area (Å²) >= 11 is 0. The molecule has 0 saturated carbocycles. The van der Waals surface area contributed by atoms with Crippen molar-refractivity contribution in [3.63, 3.8) is 0 Å². The fraction of sp³-hybridized carbons (Fsp3) is 0.500. The Bertz CT molecular complexity index is 836. The number of amides is 1. The van der Waals surface area contributed by atoms with E-state index in [9.17, 15) is 15.0 Å². The minimum absolute atomic E-state index is 0.0121. The van der Waals surface area contributed by atoms with E-state index < -0.39 is 11.7 Å². The summed E-state index contributed by atoms with van der Waals surface area (Å²) in [5.74, 6) is 0.673. The predicted octanol–water partition coefficient (Wildman–Crippen LogP) is 2.51. The molecule has 2 aromatic rings. The van der Waals surface area contributed by atoms with Gasteiger partial charge in [0.1, 0.15) is 5.60 Å². The largest absolute Gasteiger partial charge is 0.390 e. The molecule has 5 nitrogen and oxygen atoms in total. The van der Waals surface area contributed by atoms with Crippen molar-refractivity contribution in [2.75, 3.05) is 32.7 Å². The van der Waals surface area contributed by atoms with Crippen LogP contribution in [0.2, 0.25) is 0 Å². The van der Waals surface area contributed by atoms with Crippen molar-refractivity contribution in [1.29, 1.82) is 0 Å². The summed E-state index contributed by atoms with van der Waals surface area (Å²) in [6.07, 6.45) is 3.24. The molecule has 0 bridgehead atoms. The second-order valence-corrected chi connectivity index (χ2v) is 9.29. The highest BCUT2D eigenvalue weighted by Gasteiger charge is 2.43. The summed E-state index contributed by atoms with van der Waals surface area (Å²) < 4.78 is 0. The molecule has 1 amide bonds. The first kappa shape index (κ1) is 22.0. The number of aliphatic hydroxyl groups excluding tert-OH is 1. The first-order chi connectivity index (χ1) is 15.0. The standard InChI is InChI=1S/C26H34N2O3/c29-24-13-16-28(25(30)18-22-9-5-2-6-10-22)20-26(24,31)19-27-14-11-23(12-15-27)17-21-7-3-1-4-8-21/h1-10,23-24,29,31H,11-20H2/t24-,26+/m0/s1. The molecule has 0 spiro atoms. The molecule has 2 aliphatic heterocycles. The van der Waals surface area contributed by atoms with Gasteiger partial charge in [0, 0.05) is 13.1 Å². The van der Waals surface area contributed by atoms with E-state index in [-0.39, 0.29) is 12.5 Å². The first-order valence-electron chi connectivity index (χ1n) is 11.5. The lowest BCUT2D eigenvalue weighted by molar-refractivity contribution is -0.156. The molecule has 2 heterocycles. The Morgan fingerprint density at radius 1 is 0.903 bits per heavy atom. The van der Waals surface area contributed by atoms with Gasteiger partial charge in [-0.3, -0.25) is 4.79 Å². The van der Waals surface area contributed by atoms with E-state index >= 15 is 0 Å². The zero-order chi connectivity index (χ0) is 21.7. The second kappa shape index (κ2) is 9.94. The maximum atomic E-state index is 12.8. The van der Waals surface area contributed by atoms with Crippen molar-refractivity contribution in [3.8, 4) is 0 Å². The Hall–Kier alpha value is -2.21. The highest BCUT2D eigenvalue weighted by Crippen LogP contribution is 2.27. The number of benzene rings is 2. The summed E-state index contributed by atoms with van der Waals surface area (Å²) in [6.45, 7) is 2.95. The van der Waals surface area contributed by atoms with Crippen molar-refractivity contribution < 1.29 is 15.0 Å². The van der Waals surface area contributed by atoms with Crippen LogP contribution in [0, 0.1) is 5.92 Å². The number of nitrogens with zero attached hydrogens (tertiary/aromatic N) is 2. The third-order valence-corrected chi connectivity index (χ3v) is 6.88. The molecule has 166 valence electrons. The number of hydrogen-bond acceptors (Lipinski definition) is 4. The molecule has 4 rings (SSSR count). The predicted molar refractivity (Wildman–Crippen MR) is 122 cm³/mol. The van der Waals surface area contributed by atoms with Crippen LogP contribution in [0.4, 0.5) is 0 Å². The summed E-state index contributed by atoms with van der Waals surface area (Å²) in [5, 5.41) is 21.9. The Morgan fingerprint density at radius 2 is 1.52 bits per heavy atom. The molecule has 31 heavy (non-hydrogen) atoms. The number of aliphatic hydroxyl groups is 2. The fourth-order valence-corrected chi connectivity index (χ4v) is 5.00. The second-order valence-electron chi connectivity index (χ2n) is 9.29. The molecule has 2 fully saturated rings. The van der Waals surface area contributed by atoms with Gasteiger partial charge in [-0.05, 0) is 55.8 Å². The maximum absolute atomic E-state index is 12.8. The summed E-state index contributed by atoms with van der Waals surface area (Å²) in [4.78, 5) is 16.8. The monoisotopic (exact) mass is 422 g/mol. The van der Waals surface area contributed by atoms with Gasteiger partial charge in [-0.1, -0.05) is 60.7 Å². The van der Waals surface area contributed by atoms with Crippen molar-refractivity contribution in [1.82, 2.24) is 9.80 Å². The van der Waals surface area contributed by atoms with E-state index in [0.717, 1.165) is 37.9 Å². The number of likely N-dealkylation sites (tertiary alicyclic amines) is 2. The molecule has 2 saturated heterocycles. The SMILES string of the molecule is O=C(Cc1ccccc1)N1CC[C@H](O)[C@@](O)(CN2CCC(Cc3ccccc3)CC2)C1. The Morgan fingerprint density at radius 3 is 2.16 bits per heavy atom. The van der Waals surface area contributed by atoms with Crippen LogP contribution in [-0.2, 0) is 17.6 Å². The van der Waals surface area contributed by atoms with Crippen LogP contribution in [0.25, 0.3) is 0 Å². The molecular formula is C26H34N2O3. The molecule has 2 N–H and O–H groups in total. The van der Waals surface area contributed by atoms with Crippen molar-refractivity contribution in [2.24, 2.45) is 5.92 Å². The van der Waals surface area contributed by atoms with Crippen LogP contribution >= 0.6 is 0 Å². The topological polar surface area (TPSA) is 64.0 Å². The average molecular weight is 423 g/mol. The highest BCUT2D eigenvalue weighted by atomic mass is 16.3. The Kier molecular flexibility index (Phi) is 7.06. The molecule has 2 aromatic carbocycles. The van der Waals surface area contributed by atoms with E-state index in [1.807, 2.05) is 30.3 Å². The zero-order valence-electron chi connectivity index (χ0n) is 18.2. The smallest absolute Gasteiger partial charge is 0.227 e. The number of β-amino-alcohol motifs (C(OH)–C–C–N with tert-alkyl or cyclic N) is 1. The van der Waals surface area contributed by atoms with Crippen LogP contribution in [0.1, 0.15) is 30.4 Å². The lowest BCUT2D eigenvalue weighted by Crippen LogP contribution is -2.63. The van der Waals surface area contributed by atoms with Gasteiger partial charge in [0.2, 0.25) is 5.91 Å². The van der Waals surface area contributed by atoms with E-state index in [0.29, 0.717) is 31.8 Å². The van der Waals surface area contributed by atoms with Crippen LogP contribution < -0.4 is 0 Å². The number of carbonyl (C=O) groups excluding carboxylic acids is 1. The Labute approximate surface area is 185 Å². The minimum Gasteiger partial charge on any atom is -0.390 e. The molecule has 2 aliphatic rings. The number of carbonyl (C=O) groups is 1. The number of rotatable bonds is 6. The minimum atomic E-state index is -1.27. The van der Waals surface area contributed by atoms with Crippen molar-refractivity contribution in [3.05, 3.63) is 71.8 Å². The molecule has 0 radical (unpaired) electrons. The van der Waals surface area contributed by atoms with Crippen molar-refractivity contribution in [2.45, 2.75) is 43.8 Å². The van der Waals surface area contributed by atoms with Crippen LogP contribution in [-0.4, -0.2) is 70.3 Å².